The Balaban J connectivity index is 2.33. The minimum absolute atomic E-state index is 0.133. The first kappa shape index (κ1) is 14.7. The topological polar surface area (TPSA) is 43.8 Å². The normalized spacial score (nSPS) is 22.6. The molecular weight excluding hydrogens is 266 g/mol. The minimum atomic E-state index is -1.34. The summed E-state index contributed by atoms with van der Waals surface area (Å²) >= 11 is 0. The monoisotopic (exact) mass is 284 g/mol. The number of likely N-dealkylation sites (N-methyl/N-ethyl adjacent to an activating group) is 1. The maximum absolute atomic E-state index is 14.0. The minimum Gasteiger partial charge on any atom is -0.478 e. The van der Waals surface area contributed by atoms with Crippen LogP contribution in [0.1, 0.15) is 17.3 Å². The van der Waals surface area contributed by atoms with E-state index in [1.54, 1.807) is 4.90 Å². The van der Waals surface area contributed by atoms with E-state index in [-0.39, 0.29) is 23.2 Å². The van der Waals surface area contributed by atoms with Gasteiger partial charge in [-0.15, -0.1) is 0 Å². The number of hydrogen-bond donors (Lipinski definition) is 1. The molecule has 0 amide bonds. The number of rotatable bonds is 3. The highest BCUT2D eigenvalue weighted by molar-refractivity contribution is 5.88. The van der Waals surface area contributed by atoms with Crippen LogP contribution in [0.15, 0.2) is 12.1 Å². The zero-order chi connectivity index (χ0) is 15.0. The lowest BCUT2D eigenvalue weighted by atomic mass is 10.1. The van der Waals surface area contributed by atoms with Crippen molar-refractivity contribution in [3.63, 3.8) is 0 Å². The average Bonchev–Trinajstić information content (AvgIpc) is 2.70. The summed E-state index contributed by atoms with van der Waals surface area (Å²) in [6.45, 7) is 3.10. The summed E-state index contributed by atoms with van der Waals surface area (Å²) in [5.41, 5.74) is -0.508. The van der Waals surface area contributed by atoms with Crippen LogP contribution in [-0.4, -0.2) is 49.2 Å². The number of hydrogen-bond acceptors (Lipinski definition) is 3. The fourth-order valence-corrected chi connectivity index (χ4v) is 2.80. The number of halogens is 2. The Labute approximate surface area is 116 Å². The molecule has 1 aromatic rings. The molecule has 2 atom stereocenters. The summed E-state index contributed by atoms with van der Waals surface area (Å²) in [5.74, 6) is -2.71. The van der Waals surface area contributed by atoms with Gasteiger partial charge >= 0.3 is 5.97 Å². The molecule has 2 rings (SSSR count). The smallest absolute Gasteiger partial charge is 0.335 e. The zero-order valence-electron chi connectivity index (χ0n) is 11.7. The summed E-state index contributed by atoms with van der Waals surface area (Å²) in [4.78, 5) is 14.5. The van der Waals surface area contributed by atoms with E-state index in [2.05, 4.69) is 0 Å². The van der Waals surface area contributed by atoms with Gasteiger partial charge in [-0.05, 0) is 32.1 Å². The lowest BCUT2D eigenvalue weighted by Crippen LogP contribution is -2.34. The third-order valence-corrected chi connectivity index (χ3v) is 3.82. The summed E-state index contributed by atoms with van der Waals surface area (Å²) in [5, 5.41) is 8.79. The highest BCUT2D eigenvalue weighted by Gasteiger charge is 2.33. The second-order valence-corrected chi connectivity index (χ2v) is 5.51. The number of anilines is 1. The molecule has 6 heteroatoms. The molecule has 20 heavy (non-hydrogen) atoms. The Kier molecular flexibility index (Phi) is 3.94. The SMILES string of the molecule is CC1CN(c2c(F)cc(C(=O)O)cc2F)CC1N(C)C. The molecule has 1 aliphatic rings. The van der Waals surface area contributed by atoms with Gasteiger partial charge in [-0.2, -0.15) is 0 Å². The second-order valence-electron chi connectivity index (χ2n) is 5.51. The third-order valence-electron chi connectivity index (χ3n) is 3.82. The van der Waals surface area contributed by atoms with E-state index in [9.17, 15) is 13.6 Å². The molecule has 2 unspecified atom stereocenters. The molecule has 0 aromatic heterocycles. The van der Waals surface area contributed by atoms with Gasteiger partial charge in [0, 0.05) is 19.1 Å². The summed E-state index contributed by atoms with van der Waals surface area (Å²) in [7, 11) is 3.87. The molecule has 0 radical (unpaired) electrons. The van der Waals surface area contributed by atoms with Crippen LogP contribution < -0.4 is 4.90 Å². The molecule has 0 saturated carbocycles. The Hall–Kier alpha value is -1.69. The predicted octanol–water partition coefficient (Wildman–Crippen LogP) is 2.05. The first-order chi connectivity index (χ1) is 9.31. The lowest BCUT2D eigenvalue weighted by Gasteiger charge is -2.23. The van der Waals surface area contributed by atoms with Gasteiger partial charge in [-0.1, -0.05) is 6.92 Å². The van der Waals surface area contributed by atoms with Crippen LogP contribution in [0.5, 0.6) is 0 Å². The van der Waals surface area contributed by atoms with E-state index in [1.807, 2.05) is 25.9 Å². The molecule has 1 heterocycles. The molecule has 0 aliphatic carbocycles. The van der Waals surface area contributed by atoms with Crippen molar-refractivity contribution in [2.45, 2.75) is 13.0 Å². The molecule has 1 aromatic carbocycles. The quantitative estimate of drug-likeness (QED) is 0.922. The molecule has 0 bridgehead atoms. The summed E-state index contributed by atoms with van der Waals surface area (Å²) in [6.07, 6.45) is 0. The molecule has 0 spiro atoms. The van der Waals surface area contributed by atoms with E-state index < -0.39 is 17.6 Å². The van der Waals surface area contributed by atoms with Crippen molar-refractivity contribution in [1.29, 1.82) is 0 Å². The largest absolute Gasteiger partial charge is 0.478 e. The van der Waals surface area contributed by atoms with Crippen molar-refractivity contribution in [2.75, 3.05) is 32.1 Å². The molecule has 4 nitrogen and oxygen atoms in total. The standard InChI is InChI=1S/C14H18F2N2O2/c1-8-6-18(7-12(8)17(2)3)13-10(15)4-9(14(19)20)5-11(13)16/h4-5,8,12H,6-7H2,1-3H3,(H,19,20). The summed E-state index contributed by atoms with van der Waals surface area (Å²) in [6, 6.07) is 1.95. The Bertz CT molecular complexity index is 511. The Morgan fingerprint density at radius 1 is 1.30 bits per heavy atom. The molecule has 110 valence electrons. The molecule has 1 aliphatic heterocycles. The van der Waals surface area contributed by atoms with Crippen LogP contribution in [0.4, 0.5) is 14.5 Å². The van der Waals surface area contributed by atoms with Crippen molar-refractivity contribution >= 4 is 11.7 Å². The van der Waals surface area contributed by atoms with Crippen molar-refractivity contribution in [2.24, 2.45) is 5.92 Å². The fourth-order valence-electron chi connectivity index (χ4n) is 2.80. The second kappa shape index (κ2) is 5.36. The lowest BCUT2D eigenvalue weighted by molar-refractivity contribution is 0.0695. The highest BCUT2D eigenvalue weighted by atomic mass is 19.1. The van der Waals surface area contributed by atoms with Crippen molar-refractivity contribution in [3.8, 4) is 0 Å². The average molecular weight is 284 g/mol. The maximum Gasteiger partial charge on any atom is 0.335 e. The van der Waals surface area contributed by atoms with Crippen molar-refractivity contribution in [1.82, 2.24) is 4.90 Å². The van der Waals surface area contributed by atoms with Gasteiger partial charge in [0.05, 0.1) is 5.56 Å². The van der Waals surface area contributed by atoms with Gasteiger partial charge in [0.1, 0.15) is 17.3 Å². The summed E-state index contributed by atoms with van der Waals surface area (Å²) < 4.78 is 28.0. The molecule has 1 fully saturated rings. The van der Waals surface area contributed by atoms with Crippen molar-refractivity contribution in [3.05, 3.63) is 29.3 Å². The highest BCUT2D eigenvalue weighted by Crippen LogP contribution is 2.31. The number of carbonyl (C=O) groups is 1. The number of aromatic carboxylic acids is 1. The fraction of sp³-hybridized carbons (Fsp3) is 0.500. The van der Waals surface area contributed by atoms with Gasteiger partial charge < -0.3 is 14.9 Å². The Morgan fingerprint density at radius 3 is 2.25 bits per heavy atom. The van der Waals surface area contributed by atoms with E-state index in [4.69, 9.17) is 5.11 Å². The maximum atomic E-state index is 14.0. The van der Waals surface area contributed by atoms with Crippen LogP contribution in [0.2, 0.25) is 0 Å². The molecule has 1 N–H and O–H groups in total. The van der Waals surface area contributed by atoms with Gasteiger partial charge in [0.25, 0.3) is 0 Å². The predicted molar refractivity (Wildman–Crippen MR) is 72.2 cm³/mol. The van der Waals surface area contributed by atoms with Crippen LogP contribution in [-0.2, 0) is 0 Å². The zero-order valence-corrected chi connectivity index (χ0v) is 11.7. The third kappa shape index (κ3) is 2.60. The Morgan fingerprint density at radius 2 is 1.85 bits per heavy atom. The molecule has 1 saturated heterocycles. The van der Waals surface area contributed by atoms with Crippen LogP contribution in [0.25, 0.3) is 0 Å². The van der Waals surface area contributed by atoms with Gasteiger partial charge in [-0.25, -0.2) is 13.6 Å². The van der Waals surface area contributed by atoms with Crippen LogP contribution >= 0.6 is 0 Å². The number of carboxylic acids is 1. The van der Waals surface area contributed by atoms with E-state index in [1.165, 1.54) is 0 Å². The number of carboxylic acid groups (broad SMARTS) is 1. The first-order valence-corrected chi connectivity index (χ1v) is 6.45. The van der Waals surface area contributed by atoms with Crippen LogP contribution in [0.3, 0.4) is 0 Å². The van der Waals surface area contributed by atoms with Crippen LogP contribution in [0, 0.1) is 17.6 Å². The first-order valence-electron chi connectivity index (χ1n) is 6.45. The van der Waals surface area contributed by atoms with Gasteiger partial charge in [0.15, 0.2) is 0 Å². The van der Waals surface area contributed by atoms with E-state index in [0.29, 0.717) is 13.1 Å². The van der Waals surface area contributed by atoms with E-state index in [0.717, 1.165) is 12.1 Å². The van der Waals surface area contributed by atoms with Gasteiger partial charge in [0.2, 0.25) is 0 Å². The molecular formula is C14H18F2N2O2. The number of benzene rings is 1. The number of nitrogens with zero attached hydrogens (tertiary/aromatic N) is 2. The van der Waals surface area contributed by atoms with Gasteiger partial charge in [-0.3, -0.25) is 0 Å². The van der Waals surface area contributed by atoms with E-state index >= 15 is 0 Å². The van der Waals surface area contributed by atoms with Crippen molar-refractivity contribution < 1.29 is 18.7 Å².